The molecule has 0 radical (unpaired) electrons. The molecule has 1 aromatic rings. The molecule has 0 unspecified atom stereocenters. The molecule has 1 atom stereocenters. The summed E-state index contributed by atoms with van der Waals surface area (Å²) in [5.74, 6) is -1.75. The quantitative estimate of drug-likeness (QED) is 0.717. The van der Waals surface area contributed by atoms with Crippen molar-refractivity contribution in [3.63, 3.8) is 0 Å². The number of carbonyl (C=O) groups is 1. The molecule has 10 heteroatoms. The first kappa shape index (κ1) is 16.7. The molecule has 2 rings (SSSR count). The second-order valence-electron chi connectivity index (χ2n) is 5.18. The van der Waals surface area contributed by atoms with E-state index in [0.717, 1.165) is 19.4 Å². The van der Waals surface area contributed by atoms with Crippen molar-refractivity contribution >= 4 is 5.91 Å². The van der Waals surface area contributed by atoms with Gasteiger partial charge in [-0.25, -0.2) is 4.98 Å². The summed E-state index contributed by atoms with van der Waals surface area (Å²) in [7, 11) is 0. The lowest BCUT2D eigenvalue weighted by molar-refractivity contribution is -0.144. The summed E-state index contributed by atoms with van der Waals surface area (Å²) in [6.45, 7) is 1.80. The van der Waals surface area contributed by atoms with E-state index in [1.807, 2.05) is 4.90 Å². The highest BCUT2D eigenvalue weighted by Crippen LogP contribution is 2.25. The van der Waals surface area contributed by atoms with Gasteiger partial charge in [-0.05, 0) is 19.4 Å². The van der Waals surface area contributed by atoms with Gasteiger partial charge in [0.2, 0.25) is 5.91 Å². The molecule has 1 fully saturated rings. The largest absolute Gasteiger partial charge is 0.453 e. The normalized spacial score (nSPS) is 20.1. The van der Waals surface area contributed by atoms with Crippen LogP contribution < -0.4 is 5.32 Å². The van der Waals surface area contributed by atoms with Gasteiger partial charge in [0.1, 0.15) is 5.82 Å². The molecular weight excluding hydrogens is 303 g/mol. The first-order valence-electron chi connectivity index (χ1n) is 6.99. The molecule has 3 N–H and O–H groups in total. The van der Waals surface area contributed by atoms with E-state index in [4.69, 9.17) is 5.11 Å². The Morgan fingerprint density at radius 2 is 2.27 bits per heavy atom. The number of hydrogen-bond donors (Lipinski definition) is 3. The van der Waals surface area contributed by atoms with Crippen LogP contribution >= 0.6 is 0 Å². The predicted molar refractivity (Wildman–Crippen MR) is 69.5 cm³/mol. The lowest BCUT2D eigenvalue weighted by atomic mass is 9.97. The van der Waals surface area contributed by atoms with Crippen LogP contribution in [-0.4, -0.2) is 57.3 Å². The van der Waals surface area contributed by atoms with Crippen LogP contribution in [0.1, 0.15) is 24.5 Å². The number of aromatic nitrogens is 3. The van der Waals surface area contributed by atoms with E-state index in [2.05, 4.69) is 20.5 Å². The minimum atomic E-state index is -4.60. The fourth-order valence-electron chi connectivity index (χ4n) is 2.43. The van der Waals surface area contributed by atoms with E-state index in [1.54, 1.807) is 0 Å². The van der Waals surface area contributed by atoms with Crippen LogP contribution in [0.4, 0.5) is 13.2 Å². The van der Waals surface area contributed by atoms with Gasteiger partial charge in [0.15, 0.2) is 0 Å². The number of β-amino-alcohol motifs (C(OH)–C–C–N with tert-alkyl or cyclic N) is 1. The van der Waals surface area contributed by atoms with Gasteiger partial charge in [-0.1, -0.05) is 0 Å². The Morgan fingerprint density at radius 3 is 2.91 bits per heavy atom. The lowest BCUT2D eigenvalue weighted by Crippen LogP contribution is -2.43. The highest BCUT2D eigenvalue weighted by molar-refractivity contribution is 5.78. The van der Waals surface area contributed by atoms with Crippen molar-refractivity contribution in [1.82, 2.24) is 25.4 Å². The first-order chi connectivity index (χ1) is 10.4. The molecule has 0 aromatic carbocycles. The highest BCUT2D eigenvalue weighted by Gasteiger charge is 2.36. The third-order valence-corrected chi connectivity index (χ3v) is 3.51. The number of nitrogens with one attached hydrogen (secondary N) is 2. The zero-order chi connectivity index (χ0) is 16.2. The molecule has 1 saturated heterocycles. The first-order valence-corrected chi connectivity index (χ1v) is 6.99. The number of carbonyl (C=O) groups excluding carboxylic acids is 1. The van der Waals surface area contributed by atoms with E-state index < -0.39 is 12.0 Å². The summed E-state index contributed by atoms with van der Waals surface area (Å²) >= 11 is 0. The smallest absolute Gasteiger partial charge is 0.395 e. The molecule has 0 aliphatic carbocycles. The number of alkyl halides is 3. The van der Waals surface area contributed by atoms with Crippen LogP contribution in [0.2, 0.25) is 0 Å². The van der Waals surface area contributed by atoms with Crippen LogP contribution in [0.5, 0.6) is 0 Å². The molecule has 1 aliphatic heterocycles. The summed E-state index contributed by atoms with van der Waals surface area (Å²) in [6, 6.07) is 0. The van der Waals surface area contributed by atoms with Crippen LogP contribution in [-0.2, 0) is 17.5 Å². The maximum absolute atomic E-state index is 12.3. The number of rotatable bonds is 5. The van der Waals surface area contributed by atoms with E-state index >= 15 is 0 Å². The van der Waals surface area contributed by atoms with Crippen molar-refractivity contribution in [2.45, 2.75) is 25.6 Å². The lowest BCUT2D eigenvalue weighted by Gasteiger charge is -2.31. The van der Waals surface area contributed by atoms with Gasteiger partial charge in [0, 0.05) is 13.1 Å². The molecule has 2 heterocycles. The molecule has 124 valence electrons. The molecule has 1 aromatic heterocycles. The highest BCUT2D eigenvalue weighted by atomic mass is 19.4. The number of aliphatic hydroxyl groups excluding tert-OH is 1. The molecule has 0 bridgehead atoms. The van der Waals surface area contributed by atoms with E-state index in [1.165, 1.54) is 0 Å². The molecule has 0 saturated carbocycles. The van der Waals surface area contributed by atoms with Crippen molar-refractivity contribution in [3.05, 3.63) is 11.6 Å². The third-order valence-electron chi connectivity index (χ3n) is 3.51. The number of hydrogen-bond acceptors (Lipinski definition) is 5. The fourth-order valence-corrected chi connectivity index (χ4v) is 2.43. The monoisotopic (exact) mass is 321 g/mol. The fraction of sp³-hybridized carbons (Fsp3) is 0.750. The van der Waals surface area contributed by atoms with Crippen molar-refractivity contribution < 1.29 is 23.1 Å². The summed E-state index contributed by atoms with van der Waals surface area (Å²) < 4.78 is 37.0. The number of amides is 1. The Kier molecular flexibility index (Phi) is 5.35. The molecule has 0 spiro atoms. The maximum Gasteiger partial charge on any atom is 0.453 e. The molecule has 1 amide bonds. The van der Waals surface area contributed by atoms with Gasteiger partial charge in [0.25, 0.3) is 5.82 Å². The van der Waals surface area contributed by atoms with Crippen LogP contribution in [0, 0.1) is 5.92 Å². The Labute approximate surface area is 124 Å². The van der Waals surface area contributed by atoms with Gasteiger partial charge in [0.05, 0.1) is 19.1 Å². The summed E-state index contributed by atoms with van der Waals surface area (Å²) in [5.41, 5.74) is 0. The number of piperidine rings is 1. The van der Waals surface area contributed by atoms with Crippen molar-refractivity contribution in [3.8, 4) is 0 Å². The minimum absolute atomic E-state index is 0.0343. The summed E-state index contributed by atoms with van der Waals surface area (Å²) in [5, 5.41) is 16.7. The second kappa shape index (κ2) is 7.05. The average molecular weight is 321 g/mol. The van der Waals surface area contributed by atoms with Crippen LogP contribution in [0.3, 0.4) is 0 Å². The molecular formula is C12H18F3N5O2. The summed E-state index contributed by atoms with van der Waals surface area (Å²) in [6.07, 6.45) is -3.04. The van der Waals surface area contributed by atoms with Crippen LogP contribution in [0.15, 0.2) is 0 Å². The number of halogens is 3. The van der Waals surface area contributed by atoms with Crippen molar-refractivity contribution in [2.75, 3.05) is 26.2 Å². The Hall–Kier alpha value is -1.68. The Bertz CT molecular complexity index is 503. The maximum atomic E-state index is 12.3. The van der Waals surface area contributed by atoms with E-state index in [0.29, 0.717) is 13.1 Å². The number of aliphatic hydroxyl groups is 1. The Balaban J connectivity index is 1.83. The van der Waals surface area contributed by atoms with Gasteiger partial charge < -0.3 is 15.3 Å². The second-order valence-corrected chi connectivity index (χ2v) is 5.18. The van der Waals surface area contributed by atoms with Crippen LogP contribution in [0.25, 0.3) is 0 Å². The molecule has 1 aliphatic rings. The SMILES string of the molecule is O=C(NCc1nc(C(F)(F)F)n[nH]1)[C@H]1CCCN(CCO)C1. The summed E-state index contributed by atoms with van der Waals surface area (Å²) in [4.78, 5) is 17.3. The zero-order valence-electron chi connectivity index (χ0n) is 11.9. The predicted octanol–water partition coefficient (Wildman–Crippen LogP) is 0.144. The minimum Gasteiger partial charge on any atom is -0.395 e. The van der Waals surface area contributed by atoms with Crippen molar-refractivity contribution in [2.24, 2.45) is 5.92 Å². The number of likely N-dealkylation sites (tertiary alicyclic amines) is 1. The number of nitrogens with zero attached hydrogens (tertiary/aromatic N) is 3. The average Bonchev–Trinajstić information content (AvgIpc) is 2.94. The van der Waals surface area contributed by atoms with Gasteiger partial charge in [-0.3, -0.25) is 9.89 Å². The van der Waals surface area contributed by atoms with E-state index in [9.17, 15) is 18.0 Å². The van der Waals surface area contributed by atoms with Gasteiger partial charge in [-0.2, -0.15) is 13.2 Å². The zero-order valence-corrected chi connectivity index (χ0v) is 11.9. The topological polar surface area (TPSA) is 94.1 Å². The van der Waals surface area contributed by atoms with E-state index in [-0.39, 0.29) is 30.8 Å². The van der Waals surface area contributed by atoms with Gasteiger partial charge >= 0.3 is 6.18 Å². The number of aromatic amines is 1. The third kappa shape index (κ3) is 4.41. The number of H-pyrrole nitrogens is 1. The van der Waals surface area contributed by atoms with Gasteiger partial charge in [-0.15, -0.1) is 5.10 Å². The Morgan fingerprint density at radius 1 is 1.50 bits per heavy atom. The standard InChI is InChI=1S/C12H18F3N5O2/c13-12(14,15)11-17-9(18-19-11)6-16-10(22)8-2-1-3-20(7-8)4-5-21/h8,21H,1-7H2,(H,16,22)(H,17,18,19)/t8-/m0/s1. The van der Waals surface area contributed by atoms with Crippen molar-refractivity contribution in [1.29, 1.82) is 0 Å². The molecule has 22 heavy (non-hydrogen) atoms. The molecule has 7 nitrogen and oxygen atoms in total.